The van der Waals surface area contributed by atoms with Gasteiger partial charge in [-0.1, -0.05) is 6.07 Å². The second-order valence-electron chi connectivity index (χ2n) is 4.50. The van der Waals surface area contributed by atoms with Crippen LogP contribution in [0.3, 0.4) is 0 Å². The van der Waals surface area contributed by atoms with Gasteiger partial charge in [-0.25, -0.2) is 8.78 Å². The first-order valence-corrected chi connectivity index (χ1v) is 6.19. The molecular formula is C15H14F2N2O2. The molecule has 0 aliphatic heterocycles. The highest BCUT2D eigenvalue weighted by Crippen LogP contribution is 2.20. The Bertz CT molecular complexity index is 675. The summed E-state index contributed by atoms with van der Waals surface area (Å²) in [6, 6.07) is 8.04. The molecule has 2 aromatic rings. The summed E-state index contributed by atoms with van der Waals surface area (Å²) < 4.78 is 31.0. The number of nitrogen functional groups attached to an aromatic ring is 1. The first-order chi connectivity index (χ1) is 9.95. The second-order valence-corrected chi connectivity index (χ2v) is 4.50. The number of hydrogen-bond donors (Lipinski definition) is 2. The molecule has 0 aromatic heterocycles. The van der Waals surface area contributed by atoms with Crippen molar-refractivity contribution in [1.82, 2.24) is 0 Å². The van der Waals surface area contributed by atoms with Gasteiger partial charge in [0.2, 0.25) is 0 Å². The van der Waals surface area contributed by atoms with Crippen molar-refractivity contribution in [2.75, 3.05) is 17.7 Å². The van der Waals surface area contributed by atoms with E-state index in [1.807, 2.05) is 6.92 Å². The summed E-state index contributed by atoms with van der Waals surface area (Å²) >= 11 is 0. The molecule has 0 saturated heterocycles. The fraction of sp³-hybridized carbons (Fsp3) is 0.133. The van der Waals surface area contributed by atoms with E-state index in [2.05, 4.69) is 5.32 Å². The molecule has 6 heteroatoms. The summed E-state index contributed by atoms with van der Waals surface area (Å²) in [6.45, 7) is 1.47. The number of ether oxygens (including phenoxy) is 1. The topological polar surface area (TPSA) is 64.3 Å². The van der Waals surface area contributed by atoms with Crippen LogP contribution < -0.4 is 15.8 Å². The molecule has 0 atom stereocenters. The molecule has 4 nitrogen and oxygen atoms in total. The van der Waals surface area contributed by atoms with Crippen LogP contribution in [0.2, 0.25) is 0 Å². The zero-order valence-corrected chi connectivity index (χ0v) is 11.3. The number of nitrogens with two attached hydrogens (primary N) is 1. The molecule has 0 aliphatic rings. The quantitative estimate of drug-likeness (QED) is 0.852. The zero-order chi connectivity index (χ0) is 15.4. The van der Waals surface area contributed by atoms with Crippen LogP contribution >= 0.6 is 0 Å². The lowest BCUT2D eigenvalue weighted by atomic mass is 10.2. The van der Waals surface area contributed by atoms with Crippen LogP contribution in [0.1, 0.15) is 5.56 Å². The van der Waals surface area contributed by atoms with E-state index in [0.717, 1.165) is 17.7 Å². The zero-order valence-electron chi connectivity index (χ0n) is 11.3. The third-order valence-corrected chi connectivity index (χ3v) is 2.73. The molecule has 0 bridgehead atoms. The van der Waals surface area contributed by atoms with Gasteiger partial charge in [0.15, 0.2) is 18.2 Å². The number of halogens is 2. The summed E-state index contributed by atoms with van der Waals surface area (Å²) in [6.07, 6.45) is 0. The van der Waals surface area contributed by atoms with E-state index in [4.69, 9.17) is 10.5 Å². The molecule has 110 valence electrons. The van der Waals surface area contributed by atoms with Gasteiger partial charge in [0, 0.05) is 6.07 Å². The average molecular weight is 292 g/mol. The van der Waals surface area contributed by atoms with Gasteiger partial charge in [-0.2, -0.15) is 0 Å². The Morgan fingerprint density at radius 2 is 2.00 bits per heavy atom. The molecular weight excluding hydrogens is 278 g/mol. The molecule has 0 spiro atoms. The van der Waals surface area contributed by atoms with Crippen molar-refractivity contribution in [3.63, 3.8) is 0 Å². The fourth-order valence-electron chi connectivity index (χ4n) is 1.72. The minimum Gasteiger partial charge on any atom is -0.481 e. The summed E-state index contributed by atoms with van der Waals surface area (Å²) in [5.41, 5.74) is 7.61. The minimum absolute atomic E-state index is 0.191. The van der Waals surface area contributed by atoms with Crippen LogP contribution in [-0.4, -0.2) is 12.5 Å². The number of amides is 1. The van der Waals surface area contributed by atoms with E-state index in [0.29, 0.717) is 17.4 Å². The smallest absolute Gasteiger partial charge is 0.262 e. The average Bonchev–Trinajstić information content (AvgIpc) is 2.41. The van der Waals surface area contributed by atoms with Crippen molar-refractivity contribution in [1.29, 1.82) is 0 Å². The lowest BCUT2D eigenvalue weighted by molar-refractivity contribution is -0.118. The van der Waals surface area contributed by atoms with Crippen LogP contribution in [-0.2, 0) is 4.79 Å². The van der Waals surface area contributed by atoms with Crippen molar-refractivity contribution in [3.8, 4) is 5.75 Å². The Balaban J connectivity index is 1.96. The summed E-state index contributed by atoms with van der Waals surface area (Å²) in [5, 5.41) is 2.55. The molecule has 0 fully saturated rings. The fourth-order valence-corrected chi connectivity index (χ4v) is 1.72. The first-order valence-electron chi connectivity index (χ1n) is 6.19. The van der Waals surface area contributed by atoms with Gasteiger partial charge in [0.1, 0.15) is 5.82 Å². The first kappa shape index (κ1) is 14.8. The molecule has 2 rings (SSSR count). The van der Waals surface area contributed by atoms with E-state index < -0.39 is 24.1 Å². The monoisotopic (exact) mass is 292 g/mol. The number of hydrogen-bond acceptors (Lipinski definition) is 3. The molecule has 3 N–H and O–H groups in total. The van der Waals surface area contributed by atoms with E-state index in [-0.39, 0.29) is 5.75 Å². The second kappa shape index (κ2) is 6.21. The van der Waals surface area contributed by atoms with Crippen LogP contribution in [0.4, 0.5) is 20.2 Å². The Morgan fingerprint density at radius 3 is 2.67 bits per heavy atom. The largest absolute Gasteiger partial charge is 0.481 e. The standard InChI is InChI=1S/C15H14F2N2O2/c1-9-2-4-13(12(18)6-9)19-15(20)8-21-14-5-3-10(16)7-11(14)17/h2-7H,8,18H2,1H3,(H,19,20). The van der Waals surface area contributed by atoms with Crippen LogP contribution in [0.15, 0.2) is 36.4 Å². The van der Waals surface area contributed by atoms with Crippen molar-refractivity contribution in [2.45, 2.75) is 6.92 Å². The Morgan fingerprint density at radius 1 is 1.24 bits per heavy atom. The lowest BCUT2D eigenvalue weighted by Crippen LogP contribution is -2.21. The predicted octanol–water partition coefficient (Wildman–Crippen LogP) is 2.87. The van der Waals surface area contributed by atoms with Crippen molar-refractivity contribution >= 4 is 17.3 Å². The van der Waals surface area contributed by atoms with E-state index in [1.165, 1.54) is 0 Å². The third-order valence-electron chi connectivity index (χ3n) is 2.73. The normalized spacial score (nSPS) is 10.2. The number of carbonyl (C=O) groups is 1. The van der Waals surface area contributed by atoms with Crippen molar-refractivity contribution in [2.24, 2.45) is 0 Å². The molecule has 21 heavy (non-hydrogen) atoms. The van der Waals surface area contributed by atoms with Gasteiger partial charge in [0.05, 0.1) is 11.4 Å². The lowest BCUT2D eigenvalue weighted by Gasteiger charge is -2.10. The van der Waals surface area contributed by atoms with Crippen molar-refractivity contribution in [3.05, 3.63) is 53.6 Å². The predicted molar refractivity (Wildman–Crippen MR) is 76.1 cm³/mol. The Labute approximate surface area is 120 Å². The number of anilines is 2. The van der Waals surface area contributed by atoms with Gasteiger partial charge in [-0.3, -0.25) is 4.79 Å². The maximum Gasteiger partial charge on any atom is 0.262 e. The molecule has 0 radical (unpaired) electrons. The van der Waals surface area contributed by atoms with Crippen LogP contribution in [0.5, 0.6) is 5.75 Å². The van der Waals surface area contributed by atoms with Gasteiger partial charge in [-0.15, -0.1) is 0 Å². The highest BCUT2D eigenvalue weighted by atomic mass is 19.1. The van der Waals surface area contributed by atoms with Gasteiger partial charge < -0.3 is 15.8 Å². The number of carbonyl (C=O) groups excluding carboxylic acids is 1. The van der Waals surface area contributed by atoms with Gasteiger partial charge in [-0.05, 0) is 36.8 Å². The SMILES string of the molecule is Cc1ccc(NC(=O)COc2ccc(F)cc2F)c(N)c1. The summed E-state index contributed by atoms with van der Waals surface area (Å²) in [4.78, 5) is 11.7. The third kappa shape index (κ3) is 3.92. The molecule has 0 unspecified atom stereocenters. The molecule has 0 aliphatic carbocycles. The molecule has 1 amide bonds. The molecule has 2 aromatic carbocycles. The van der Waals surface area contributed by atoms with Crippen LogP contribution in [0.25, 0.3) is 0 Å². The highest BCUT2D eigenvalue weighted by molar-refractivity contribution is 5.94. The van der Waals surface area contributed by atoms with Gasteiger partial charge >= 0.3 is 0 Å². The summed E-state index contributed by atoms with van der Waals surface area (Å²) in [5.74, 6) is -2.26. The van der Waals surface area contributed by atoms with Gasteiger partial charge in [0.25, 0.3) is 5.91 Å². The van der Waals surface area contributed by atoms with E-state index >= 15 is 0 Å². The highest BCUT2D eigenvalue weighted by Gasteiger charge is 2.09. The number of aryl methyl sites for hydroxylation is 1. The molecule has 0 saturated carbocycles. The Kier molecular flexibility index (Phi) is 4.37. The number of benzene rings is 2. The summed E-state index contributed by atoms with van der Waals surface area (Å²) in [7, 11) is 0. The number of nitrogens with one attached hydrogen (secondary N) is 1. The Hall–Kier alpha value is -2.63. The number of rotatable bonds is 4. The van der Waals surface area contributed by atoms with Crippen LogP contribution in [0, 0.1) is 18.6 Å². The van der Waals surface area contributed by atoms with E-state index in [1.54, 1.807) is 18.2 Å². The minimum atomic E-state index is -0.863. The van der Waals surface area contributed by atoms with E-state index in [9.17, 15) is 13.6 Å². The molecule has 0 heterocycles. The van der Waals surface area contributed by atoms with Crippen molar-refractivity contribution < 1.29 is 18.3 Å². The maximum atomic E-state index is 13.3. The maximum absolute atomic E-state index is 13.3.